The molecule has 0 unspecified atom stereocenters. The number of pyridine rings is 1. The molecular formula is C12H9Br2FN2. The molecule has 88 valence electrons. The molecule has 0 fully saturated rings. The summed E-state index contributed by atoms with van der Waals surface area (Å²) in [5.41, 5.74) is 1.45. The van der Waals surface area contributed by atoms with E-state index in [2.05, 4.69) is 42.2 Å². The summed E-state index contributed by atoms with van der Waals surface area (Å²) in [7, 11) is 0. The summed E-state index contributed by atoms with van der Waals surface area (Å²) in [4.78, 5) is 4.16. The number of halogens is 3. The number of rotatable bonds is 2. The highest BCUT2D eigenvalue weighted by atomic mass is 79.9. The fraction of sp³-hybridized carbons (Fsp3) is 0.0833. The lowest BCUT2D eigenvalue weighted by Gasteiger charge is -2.08. The van der Waals surface area contributed by atoms with Crippen LogP contribution in [0.4, 0.5) is 15.9 Å². The summed E-state index contributed by atoms with van der Waals surface area (Å²) in [6.45, 7) is 1.95. The molecule has 5 heteroatoms. The van der Waals surface area contributed by atoms with Crippen molar-refractivity contribution in [3.63, 3.8) is 0 Å². The minimum absolute atomic E-state index is 0.318. The van der Waals surface area contributed by atoms with E-state index in [1.54, 1.807) is 18.3 Å². The Morgan fingerprint density at radius 3 is 2.65 bits per heavy atom. The molecule has 0 bridgehead atoms. The first-order valence-corrected chi connectivity index (χ1v) is 6.49. The van der Waals surface area contributed by atoms with Gasteiger partial charge in [0.25, 0.3) is 0 Å². The fourth-order valence-electron chi connectivity index (χ4n) is 1.34. The average Bonchev–Trinajstić information content (AvgIpc) is 2.27. The fourth-order valence-corrected chi connectivity index (χ4v) is 1.89. The molecule has 2 rings (SSSR count). The maximum Gasteiger partial charge on any atom is 0.147 e. The van der Waals surface area contributed by atoms with Crippen molar-refractivity contribution in [1.29, 1.82) is 0 Å². The summed E-state index contributed by atoms with van der Waals surface area (Å²) < 4.78 is 15.2. The van der Waals surface area contributed by atoms with Crippen LogP contribution >= 0.6 is 31.9 Å². The molecule has 0 radical (unpaired) electrons. The van der Waals surface area contributed by atoms with Gasteiger partial charge in [0.1, 0.15) is 11.6 Å². The molecule has 0 saturated carbocycles. The highest BCUT2D eigenvalue weighted by Gasteiger charge is 2.04. The first-order chi connectivity index (χ1) is 8.06. The third kappa shape index (κ3) is 3.04. The van der Waals surface area contributed by atoms with Gasteiger partial charge in [-0.15, -0.1) is 0 Å². The molecular weight excluding hydrogens is 351 g/mol. The van der Waals surface area contributed by atoms with Gasteiger partial charge in [0.2, 0.25) is 0 Å². The highest BCUT2D eigenvalue weighted by Crippen LogP contribution is 2.24. The van der Waals surface area contributed by atoms with Gasteiger partial charge in [0.15, 0.2) is 0 Å². The molecule has 2 aromatic rings. The van der Waals surface area contributed by atoms with Crippen LogP contribution in [0.5, 0.6) is 0 Å². The Bertz CT molecular complexity index is 558. The van der Waals surface area contributed by atoms with Crippen molar-refractivity contribution in [2.24, 2.45) is 0 Å². The lowest BCUT2D eigenvalue weighted by molar-refractivity contribution is 0.631. The number of anilines is 2. The number of aryl methyl sites for hydroxylation is 1. The van der Waals surface area contributed by atoms with Crippen molar-refractivity contribution >= 4 is 43.4 Å². The van der Waals surface area contributed by atoms with Crippen LogP contribution in [0.3, 0.4) is 0 Å². The van der Waals surface area contributed by atoms with Gasteiger partial charge in [0.05, 0.1) is 5.69 Å². The third-order valence-corrected chi connectivity index (χ3v) is 3.56. The van der Waals surface area contributed by atoms with Gasteiger partial charge in [-0.25, -0.2) is 9.37 Å². The second-order valence-electron chi connectivity index (χ2n) is 3.57. The number of nitrogens with one attached hydrogen (secondary N) is 1. The standard InChI is InChI=1S/C12H9Br2FN2/c1-7-4-12(16-6-9(7)14)17-11-3-2-8(13)5-10(11)15/h2-6H,1H3,(H,16,17). The SMILES string of the molecule is Cc1cc(Nc2ccc(Br)cc2F)ncc1Br. The molecule has 0 spiro atoms. The second-order valence-corrected chi connectivity index (χ2v) is 5.34. The quantitative estimate of drug-likeness (QED) is 0.833. The summed E-state index contributed by atoms with van der Waals surface area (Å²) in [6, 6.07) is 6.70. The Hall–Kier alpha value is -0.940. The number of hydrogen-bond donors (Lipinski definition) is 1. The van der Waals surface area contributed by atoms with Crippen LogP contribution in [-0.2, 0) is 0 Å². The molecule has 0 aliphatic heterocycles. The van der Waals surface area contributed by atoms with E-state index in [1.165, 1.54) is 6.07 Å². The molecule has 17 heavy (non-hydrogen) atoms. The lowest BCUT2D eigenvalue weighted by Crippen LogP contribution is -1.96. The van der Waals surface area contributed by atoms with Gasteiger partial charge in [-0.1, -0.05) is 15.9 Å². The van der Waals surface area contributed by atoms with Gasteiger partial charge >= 0.3 is 0 Å². The molecule has 0 amide bonds. The predicted octanol–water partition coefficient (Wildman–Crippen LogP) is 4.80. The third-order valence-electron chi connectivity index (χ3n) is 2.24. The number of nitrogens with zero attached hydrogens (tertiary/aromatic N) is 1. The van der Waals surface area contributed by atoms with Crippen LogP contribution in [0.2, 0.25) is 0 Å². The van der Waals surface area contributed by atoms with Gasteiger partial charge in [-0.2, -0.15) is 0 Å². The zero-order chi connectivity index (χ0) is 12.4. The maximum atomic E-state index is 13.6. The largest absolute Gasteiger partial charge is 0.338 e. The van der Waals surface area contributed by atoms with Gasteiger partial charge in [-0.3, -0.25) is 0 Å². The second kappa shape index (κ2) is 5.14. The minimum Gasteiger partial charge on any atom is -0.338 e. The molecule has 0 aliphatic carbocycles. The van der Waals surface area contributed by atoms with Gasteiger partial charge in [-0.05, 0) is 52.7 Å². The molecule has 0 atom stereocenters. The minimum atomic E-state index is -0.318. The first kappa shape index (κ1) is 12.5. The van der Waals surface area contributed by atoms with Gasteiger partial charge in [0, 0.05) is 15.1 Å². The Kier molecular flexibility index (Phi) is 3.79. The Labute approximate surface area is 116 Å². The van der Waals surface area contributed by atoms with E-state index in [0.29, 0.717) is 16.0 Å². The molecule has 1 aromatic carbocycles. The van der Waals surface area contributed by atoms with Crippen LogP contribution in [0, 0.1) is 12.7 Å². The molecule has 1 aromatic heterocycles. The summed E-state index contributed by atoms with van der Waals surface area (Å²) in [5.74, 6) is 0.300. The normalized spacial score (nSPS) is 10.4. The van der Waals surface area contributed by atoms with E-state index in [-0.39, 0.29) is 5.82 Å². The molecule has 0 saturated heterocycles. The molecule has 2 nitrogen and oxygen atoms in total. The zero-order valence-corrected chi connectivity index (χ0v) is 12.1. The molecule has 0 aliphatic rings. The molecule has 1 heterocycles. The van der Waals surface area contributed by atoms with E-state index in [4.69, 9.17) is 0 Å². The average molecular weight is 360 g/mol. The Morgan fingerprint density at radius 1 is 1.24 bits per heavy atom. The summed E-state index contributed by atoms with van der Waals surface area (Å²) >= 11 is 6.58. The van der Waals surface area contributed by atoms with E-state index in [9.17, 15) is 4.39 Å². The number of hydrogen-bond acceptors (Lipinski definition) is 2. The van der Waals surface area contributed by atoms with Crippen molar-refractivity contribution in [3.05, 3.63) is 50.8 Å². The topological polar surface area (TPSA) is 24.9 Å². The van der Waals surface area contributed by atoms with Crippen molar-refractivity contribution in [2.45, 2.75) is 6.92 Å². The predicted molar refractivity (Wildman–Crippen MR) is 74.1 cm³/mol. The van der Waals surface area contributed by atoms with E-state index >= 15 is 0 Å². The Balaban J connectivity index is 2.28. The molecule has 1 N–H and O–H groups in total. The van der Waals surface area contributed by atoms with Crippen LogP contribution < -0.4 is 5.32 Å². The van der Waals surface area contributed by atoms with Crippen LogP contribution in [0.15, 0.2) is 39.4 Å². The van der Waals surface area contributed by atoms with Gasteiger partial charge < -0.3 is 5.32 Å². The van der Waals surface area contributed by atoms with Crippen molar-refractivity contribution < 1.29 is 4.39 Å². The summed E-state index contributed by atoms with van der Waals surface area (Å²) in [5, 5.41) is 2.94. The summed E-state index contributed by atoms with van der Waals surface area (Å²) in [6.07, 6.45) is 1.69. The highest BCUT2D eigenvalue weighted by molar-refractivity contribution is 9.10. The van der Waals surface area contributed by atoms with E-state index in [1.807, 2.05) is 13.0 Å². The monoisotopic (exact) mass is 358 g/mol. The van der Waals surface area contributed by atoms with E-state index < -0.39 is 0 Å². The first-order valence-electron chi connectivity index (χ1n) is 4.90. The van der Waals surface area contributed by atoms with Crippen molar-refractivity contribution in [2.75, 3.05) is 5.32 Å². The van der Waals surface area contributed by atoms with Crippen LogP contribution in [-0.4, -0.2) is 4.98 Å². The lowest BCUT2D eigenvalue weighted by atomic mass is 10.2. The van der Waals surface area contributed by atoms with Crippen molar-refractivity contribution in [3.8, 4) is 0 Å². The maximum absolute atomic E-state index is 13.6. The van der Waals surface area contributed by atoms with Crippen LogP contribution in [0.1, 0.15) is 5.56 Å². The smallest absolute Gasteiger partial charge is 0.147 e. The number of benzene rings is 1. The van der Waals surface area contributed by atoms with Crippen LogP contribution in [0.25, 0.3) is 0 Å². The van der Waals surface area contributed by atoms with E-state index in [0.717, 1.165) is 10.0 Å². The number of aromatic nitrogens is 1. The zero-order valence-electron chi connectivity index (χ0n) is 8.97. The Morgan fingerprint density at radius 2 is 2.00 bits per heavy atom. The van der Waals surface area contributed by atoms with Crippen molar-refractivity contribution in [1.82, 2.24) is 4.98 Å².